The summed E-state index contributed by atoms with van der Waals surface area (Å²) in [5.74, 6) is 1.11. The summed E-state index contributed by atoms with van der Waals surface area (Å²) in [6.45, 7) is 2.24. The zero-order valence-electron chi connectivity index (χ0n) is 9.30. The monoisotopic (exact) mass is 217 g/mol. The van der Waals surface area contributed by atoms with Crippen molar-refractivity contribution in [3.63, 3.8) is 0 Å². The van der Waals surface area contributed by atoms with Gasteiger partial charge in [-0.05, 0) is 32.1 Å². The van der Waals surface area contributed by atoms with Crippen LogP contribution in [-0.4, -0.2) is 39.6 Å². The third-order valence-corrected chi connectivity index (χ3v) is 3.32. The highest BCUT2D eigenvalue weighted by atomic mass is 15.3. The van der Waals surface area contributed by atoms with Crippen LogP contribution in [0.25, 0.3) is 5.52 Å². The summed E-state index contributed by atoms with van der Waals surface area (Å²) < 4.78 is 1.92. The summed E-state index contributed by atoms with van der Waals surface area (Å²) >= 11 is 0. The van der Waals surface area contributed by atoms with Crippen molar-refractivity contribution in [1.82, 2.24) is 19.5 Å². The number of nitrogens with two attached hydrogens (primary N) is 1. The minimum Gasteiger partial charge on any atom is -0.382 e. The van der Waals surface area contributed by atoms with E-state index in [1.54, 1.807) is 0 Å². The molecule has 2 aromatic heterocycles. The Bertz CT molecular complexity index is 518. The van der Waals surface area contributed by atoms with Crippen molar-refractivity contribution in [2.75, 3.05) is 25.9 Å². The molecule has 1 saturated heterocycles. The number of nitrogens with zero attached hydrogens (tertiary/aromatic N) is 4. The van der Waals surface area contributed by atoms with Crippen LogP contribution in [0.5, 0.6) is 0 Å². The number of fused-ring (bicyclic) bond motifs is 1. The molecule has 5 heteroatoms. The lowest BCUT2D eigenvalue weighted by atomic mass is 10.1. The minimum atomic E-state index is 0.549. The first kappa shape index (κ1) is 9.59. The van der Waals surface area contributed by atoms with Gasteiger partial charge in [0.1, 0.15) is 11.8 Å². The Morgan fingerprint density at radius 1 is 1.44 bits per heavy atom. The standard InChI is InChI=1S/C11H15N5/c1-15-5-4-8(6-15)9-2-3-10-11(12)13-7-14-16(9)10/h2-3,7-8H,4-6H2,1H3,(H2,12,13,14). The molecule has 0 spiro atoms. The highest BCUT2D eigenvalue weighted by Crippen LogP contribution is 2.27. The molecule has 5 nitrogen and oxygen atoms in total. The molecule has 2 aromatic rings. The molecule has 0 aromatic carbocycles. The first-order valence-electron chi connectivity index (χ1n) is 5.52. The van der Waals surface area contributed by atoms with E-state index in [2.05, 4.69) is 28.1 Å². The number of likely N-dealkylation sites (N-methyl/N-ethyl adjacent to an activating group) is 1. The molecule has 3 rings (SSSR count). The van der Waals surface area contributed by atoms with Gasteiger partial charge in [0.2, 0.25) is 0 Å². The van der Waals surface area contributed by atoms with E-state index in [1.165, 1.54) is 18.4 Å². The van der Waals surface area contributed by atoms with Crippen LogP contribution in [0, 0.1) is 0 Å². The number of aromatic nitrogens is 3. The fourth-order valence-corrected chi connectivity index (χ4v) is 2.46. The molecule has 1 fully saturated rings. The largest absolute Gasteiger partial charge is 0.382 e. The molecule has 2 N–H and O–H groups in total. The second-order valence-electron chi connectivity index (χ2n) is 4.45. The van der Waals surface area contributed by atoms with Crippen LogP contribution in [0.1, 0.15) is 18.0 Å². The Kier molecular flexibility index (Phi) is 2.07. The lowest BCUT2D eigenvalue weighted by Gasteiger charge is -2.10. The Balaban J connectivity index is 2.08. The Labute approximate surface area is 93.9 Å². The van der Waals surface area contributed by atoms with E-state index in [1.807, 2.05) is 10.6 Å². The van der Waals surface area contributed by atoms with Crippen molar-refractivity contribution in [3.8, 4) is 0 Å². The lowest BCUT2D eigenvalue weighted by Crippen LogP contribution is -2.14. The Morgan fingerprint density at radius 2 is 2.31 bits per heavy atom. The first-order chi connectivity index (χ1) is 7.75. The van der Waals surface area contributed by atoms with E-state index in [0.29, 0.717) is 11.7 Å². The molecule has 1 aliphatic rings. The highest BCUT2D eigenvalue weighted by Gasteiger charge is 2.24. The van der Waals surface area contributed by atoms with Crippen molar-refractivity contribution in [2.24, 2.45) is 0 Å². The van der Waals surface area contributed by atoms with Crippen LogP contribution in [0.2, 0.25) is 0 Å². The summed E-state index contributed by atoms with van der Waals surface area (Å²) in [5, 5.41) is 4.28. The van der Waals surface area contributed by atoms with E-state index in [-0.39, 0.29) is 0 Å². The summed E-state index contributed by atoms with van der Waals surface area (Å²) in [7, 11) is 2.15. The molecule has 0 saturated carbocycles. The van der Waals surface area contributed by atoms with Gasteiger partial charge in [-0.3, -0.25) is 0 Å². The van der Waals surface area contributed by atoms with Crippen molar-refractivity contribution < 1.29 is 0 Å². The van der Waals surface area contributed by atoms with Gasteiger partial charge in [-0.25, -0.2) is 9.50 Å². The third-order valence-electron chi connectivity index (χ3n) is 3.32. The van der Waals surface area contributed by atoms with E-state index in [9.17, 15) is 0 Å². The number of nitrogen functional groups attached to an aromatic ring is 1. The number of anilines is 1. The second-order valence-corrected chi connectivity index (χ2v) is 4.45. The van der Waals surface area contributed by atoms with Gasteiger partial charge in [0, 0.05) is 18.2 Å². The predicted molar refractivity (Wildman–Crippen MR) is 62.3 cm³/mol. The quantitative estimate of drug-likeness (QED) is 0.765. The van der Waals surface area contributed by atoms with Gasteiger partial charge in [-0.1, -0.05) is 0 Å². The molecule has 1 aliphatic heterocycles. The van der Waals surface area contributed by atoms with Crippen molar-refractivity contribution in [2.45, 2.75) is 12.3 Å². The molecule has 1 unspecified atom stereocenters. The maximum atomic E-state index is 5.81. The molecule has 0 bridgehead atoms. The molecule has 1 atom stereocenters. The topological polar surface area (TPSA) is 59.5 Å². The van der Waals surface area contributed by atoms with Gasteiger partial charge in [-0.15, -0.1) is 0 Å². The van der Waals surface area contributed by atoms with E-state index < -0.39 is 0 Å². The van der Waals surface area contributed by atoms with Crippen molar-refractivity contribution in [1.29, 1.82) is 0 Å². The Morgan fingerprint density at radius 3 is 3.06 bits per heavy atom. The number of likely N-dealkylation sites (tertiary alicyclic amines) is 1. The molecule has 0 aliphatic carbocycles. The molecule has 3 heterocycles. The fourth-order valence-electron chi connectivity index (χ4n) is 2.46. The smallest absolute Gasteiger partial charge is 0.151 e. The molecule has 16 heavy (non-hydrogen) atoms. The number of hydrogen-bond acceptors (Lipinski definition) is 4. The normalized spacial score (nSPS) is 21.9. The maximum absolute atomic E-state index is 5.81. The third kappa shape index (κ3) is 1.36. The number of rotatable bonds is 1. The van der Waals surface area contributed by atoms with Gasteiger partial charge in [-0.2, -0.15) is 5.10 Å². The van der Waals surface area contributed by atoms with Crippen LogP contribution in [0.4, 0.5) is 5.82 Å². The molecular weight excluding hydrogens is 202 g/mol. The predicted octanol–water partition coefficient (Wildman–Crippen LogP) is 0.731. The van der Waals surface area contributed by atoms with Crippen LogP contribution >= 0.6 is 0 Å². The Hall–Kier alpha value is -1.62. The highest BCUT2D eigenvalue weighted by molar-refractivity contribution is 5.65. The van der Waals surface area contributed by atoms with Gasteiger partial charge in [0.15, 0.2) is 5.82 Å². The number of hydrogen-bond donors (Lipinski definition) is 1. The molecule has 84 valence electrons. The SMILES string of the molecule is CN1CCC(c2ccc3c(N)ncnn23)C1. The maximum Gasteiger partial charge on any atom is 0.151 e. The average Bonchev–Trinajstić information content (AvgIpc) is 2.84. The summed E-state index contributed by atoms with van der Waals surface area (Å²) in [6, 6.07) is 4.12. The van der Waals surface area contributed by atoms with Crippen molar-refractivity contribution in [3.05, 3.63) is 24.2 Å². The molecule has 0 radical (unpaired) electrons. The van der Waals surface area contributed by atoms with Gasteiger partial charge in [0.25, 0.3) is 0 Å². The van der Waals surface area contributed by atoms with Crippen LogP contribution in [0.15, 0.2) is 18.5 Å². The minimum absolute atomic E-state index is 0.549. The van der Waals surface area contributed by atoms with Gasteiger partial charge < -0.3 is 10.6 Å². The summed E-state index contributed by atoms with van der Waals surface area (Å²) in [4.78, 5) is 6.34. The average molecular weight is 217 g/mol. The fraction of sp³-hybridized carbons (Fsp3) is 0.455. The molecule has 0 amide bonds. The summed E-state index contributed by atoms with van der Waals surface area (Å²) in [6.07, 6.45) is 2.71. The zero-order valence-corrected chi connectivity index (χ0v) is 9.30. The van der Waals surface area contributed by atoms with Crippen LogP contribution in [-0.2, 0) is 0 Å². The second kappa shape index (κ2) is 3.45. The van der Waals surface area contributed by atoms with Gasteiger partial charge >= 0.3 is 0 Å². The summed E-state index contributed by atoms with van der Waals surface area (Å²) in [5.41, 5.74) is 7.97. The van der Waals surface area contributed by atoms with Gasteiger partial charge in [0.05, 0.1) is 0 Å². The van der Waals surface area contributed by atoms with E-state index in [0.717, 1.165) is 18.6 Å². The van der Waals surface area contributed by atoms with Crippen LogP contribution in [0.3, 0.4) is 0 Å². The van der Waals surface area contributed by atoms with Crippen LogP contribution < -0.4 is 5.73 Å². The van der Waals surface area contributed by atoms with Crippen molar-refractivity contribution >= 4 is 11.3 Å². The van der Waals surface area contributed by atoms with E-state index >= 15 is 0 Å². The molecular formula is C11H15N5. The lowest BCUT2D eigenvalue weighted by molar-refractivity contribution is 0.410. The first-order valence-corrected chi connectivity index (χ1v) is 5.52. The zero-order chi connectivity index (χ0) is 11.1. The van der Waals surface area contributed by atoms with E-state index in [4.69, 9.17) is 5.73 Å².